The molecule has 2 unspecified atom stereocenters. The number of hydrogen-bond donors (Lipinski definition) is 3. The summed E-state index contributed by atoms with van der Waals surface area (Å²) in [6.07, 6.45) is 4.03. The van der Waals surface area contributed by atoms with Gasteiger partial charge in [-0.2, -0.15) is 0 Å². The van der Waals surface area contributed by atoms with Crippen LogP contribution in [0.2, 0.25) is 0 Å². The second-order valence-corrected chi connectivity index (χ2v) is 4.01. The molecule has 0 aromatic heterocycles. The molecule has 0 saturated heterocycles. The number of nitrogens with one attached hydrogen (secondary N) is 1. The Morgan fingerprint density at radius 2 is 1.80 bits per heavy atom. The summed E-state index contributed by atoms with van der Waals surface area (Å²) in [7, 11) is 0. The van der Waals surface area contributed by atoms with Gasteiger partial charge in [-0.15, -0.1) is 0 Å². The zero-order valence-electron chi connectivity index (χ0n) is 9.70. The van der Waals surface area contributed by atoms with Crippen molar-refractivity contribution in [1.29, 1.82) is 0 Å². The van der Waals surface area contributed by atoms with Crippen LogP contribution in [0, 0.1) is 5.92 Å². The lowest BCUT2D eigenvalue weighted by Crippen LogP contribution is -2.36. The van der Waals surface area contributed by atoms with Gasteiger partial charge in [0, 0.05) is 12.6 Å². The molecule has 0 aliphatic carbocycles. The molecule has 0 aliphatic rings. The smallest absolute Gasteiger partial charge is 0.307 e. The highest BCUT2D eigenvalue weighted by molar-refractivity contribution is 5.70. The van der Waals surface area contributed by atoms with Crippen molar-refractivity contribution in [1.82, 2.24) is 5.32 Å². The maximum absolute atomic E-state index is 10.6. The quantitative estimate of drug-likeness (QED) is 0.508. The Kier molecular flexibility index (Phi) is 8.33. The topological polar surface area (TPSA) is 69.6 Å². The number of unbranched alkanes of at least 4 members (excludes halogenated alkanes) is 3. The van der Waals surface area contributed by atoms with E-state index in [1.165, 1.54) is 0 Å². The van der Waals surface area contributed by atoms with E-state index in [0.29, 0.717) is 0 Å². The minimum absolute atomic E-state index is 0.0142. The molecule has 2 atom stereocenters. The largest absolute Gasteiger partial charge is 0.481 e. The van der Waals surface area contributed by atoms with E-state index < -0.39 is 5.97 Å². The SMILES string of the molecule is CC(NCCCCCCO)C(C)C(=O)O. The van der Waals surface area contributed by atoms with Crippen molar-refractivity contribution in [2.45, 2.75) is 45.6 Å². The monoisotopic (exact) mass is 217 g/mol. The van der Waals surface area contributed by atoms with Gasteiger partial charge in [0.2, 0.25) is 0 Å². The summed E-state index contributed by atoms with van der Waals surface area (Å²) >= 11 is 0. The Labute approximate surface area is 91.7 Å². The van der Waals surface area contributed by atoms with Crippen LogP contribution < -0.4 is 5.32 Å². The molecule has 0 aromatic carbocycles. The Morgan fingerprint density at radius 1 is 1.20 bits per heavy atom. The minimum atomic E-state index is -0.754. The summed E-state index contributed by atoms with van der Waals surface area (Å²) < 4.78 is 0. The third-order valence-electron chi connectivity index (χ3n) is 2.69. The van der Waals surface area contributed by atoms with E-state index in [-0.39, 0.29) is 18.6 Å². The number of aliphatic hydroxyl groups excluding tert-OH is 1. The molecular formula is C11H23NO3. The second-order valence-electron chi connectivity index (χ2n) is 4.01. The van der Waals surface area contributed by atoms with Crippen LogP contribution in [0.3, 0.4) is 0 Å². The zero-order chi connectivity index (χ0) is 11.7. The van der Waals surface area contributed by atoms with Gasteiger partial charge < -0.3 is 15.5 Å². The number of carboxylic acids is 1. The van der Waals surface area contributed by atoms with Crippen molar-refractivity contribution < 1.29 is 15.0 Å². The predicted molar refractivity (Wildman–Crippen MR) is 59.8 cm³/mol. The fourth-order valence-electron chi connectivity index (χ4n) is 1.31. The molecule has 0 amide bonds. The Bertz CT molecular complexity index is 173. The molecule has 0 radical (unpaired) electrons. The average Bonchev–Trinajstić information content (AvgIpc) is 2.21. The summed E-state index contributed by atoms with van der Waals surface area (Å²) in [5, 5.41) is 20.5. The highest BCUT2D eigenvalue weighted by Crippen LogP contribution is 2.03. The van der Waals surface area contributed by atoms with Gasteiger partial charge in [-0.25, -0.2) is 0 Å². The molecule has 0 bridgehead atoms. The van der Waals surface area contributed by atoms with Gasteiger partial charge in [0.1, 0.15) is 0 Å². The fourth-order valence-corrected chi connectivity index (χ4v) is 1.31. The van der Waals surface area contributed by atoms with Gasteiger partial charge in [-0.3, -0.25) is 4.79 Å². The first-order valence-corrected chi connectivity index (χ1v) is 5.66. The van der Waals surface area contributed by atoms with Crippen LogP contribution in [0.15, 0.2) is 0 Å². The van der Waals surface area contributed by atoms with Crippen molar-refractivity contribution >= 4 is 5.97 Å². The third kappa shape index (κ3) is 7.33. The van der Waals surface area contributed by atoms with Crippen molar-refractivity contribution in [3.63, 3.8) is 0 Å². The van der Waals surface area contributed by atoms with Crippen LogP contribution >= 0.6 is 0 Å². The van der Waals surface area contributed by atoms with E-state index in [1.807, 2.05) is 6.92 Å². The van der Waals surface area contributed by atoms with Crippen LogP contribution in [0.1, 0.15) is 39.5 Å². The fraction of sp³-hybridized carbons (Fsp3) is 0.909. The molecule has 0 rings (SSSR count). The molecule has 0 spiro atoms. The molecule has 0 fully saturated rings. The third-order valence-corrected chi connectivity index (χ3v) is 2.69. The molecule has 0 aliphatic heterocycles. The number of aliphatic hydroxyl groups is 1. The first-order chi connectivity index (χ1) is 7.09. The zero-order valence-corrected chi connectivity index (χ0v) is 9.70. The Hall–Kier alpha value is -0.610. The lowest BCUT2D eigenvalue weighted by atomic mass is 10.0. The number of hydrogen-bond acceptors (Lipinski definition) is 3. The number of rotatable bonds is 9. The lowest BCUT2D eigenvalue weighted by molar-refractivity contribution is -0.141. The number of aliphatic carboxylic acids is 1. The van der Waals surface area contributed by atoms with Gasteiger partial charge in [0.25, 0.3) is 0 Å². The molecular weight excluding hydrogens is 194 g/mol. The van der Waals surface area contributed by atoms with E-state index in [1.54, 1.807) is 6.92 Å². The van der Waals surface area contributed by atoms with Crippen LogP contribution in [-0.4, -0.2) is 35.4 Å². The summed E-state index contributed by atoms with van der Waals surface area (Å²) in [6, 6.07) is 0.0142. The lowest BCUT2D eigenvalue weighted by Gasteiger charge is -2.17. The molecule has 15 heavy (non-hydrogen) atoms. The van der Waals surface area contributed by atoms with Crippen molar-refractivity contribution in [3.05, 3.63) is 0 Å². The summed E-state index contributed by atoms with van der Waals surface area (Å²) in [4.78, 5) is 10.6. The van der Waals surface area contributed by atoms with Crippen LogP contribution in [0.25, 0.3) is 0 Å². The van der Waals surface area contributed by atoms with Crippen molar-refractivity contribution in [3.8, 4) is 0 Å². The highest BCUT2D eigenvalue weighted by atomic mass is 16.4. The summed E-state index contributed by atoms with van der Waals surface area (Å²) in [5.74, 6) is -1.10. The molecule has 0 heterocycles. The second kappa shape index (κ2) is 8.68. The number of carbonyl (C=O) groups is 1. The molecule has 3 N–H and O–H groups in total. The van der Waals surface area contributed by atoms with Crippen LogP contribution in [0.5, 0.6) is 0 Å². The first-order valence-electron chi connectivity index (χ1n) is 5.66. The summed E-state index contributed by atoms with van der Waals surface area (Å²) in [5.41, 5.74) is 0. The molecule has 0 saturated carbocycles. The van der Waals surface area contributed by atoms with Gasteiger partial charge >= 0.3 is 5.97 Å². The van der Waals surface area contributed by atoms with E-state index in [0.717, 1.165) is 32.2 Å². The first kappa shape index (κ1) is 14.4. The molecule has 4 nitrogen and oxygen atoms in total. The highest BCUT2D eigenvalue weighted by Gasteiger charge is 2.17. The van der Waals surface area contributed by atoms with Gasteiger partial charge in [-0.1, -0.05) is 19.8 Å². The molecule has 0 aromatic rings. The molecule has 90 valence electrons. The Balaban J connectivity index is 3.38. The number of carboxylic acid groups (broad SMARTS) is 1. The maximum Gasteiger partial charge on any atom is 0.307 e. The van der Waals surface area contributed by atoms with E-state index in [2.05, 4.69) is 5.32 Å². The standard InChI is InChI=1S/C11H23NO3/c1-9(11(14)15)10(2)12-7-5-3-4-6-8-13/h9-10,12-13H,3-8H2,1-2H3,(H,14,15). The van der Waals surface area contributed by atoms with Gasteiger partial charge in [0.15, 0.2) is 0 Å². The van der Waals surface area contributed by atoms with Crippen molar-refractivity contribution in [2.75, 3.05) is 13.2 Å². The molecule has 4 heteroatoms. The summed E-state index contributed by atoms with van der Waals surface area (Å²) in [6.45, 7) is 4.72. The van der Waals surface area contributed by atoms with Crippen LogP contribution in [-0.2, 0) is 4.79 Å². The normalized spacial score (nSPS) is 14.9. The average molecular weight is 217 g/mol. The Morgan fingerprint density at radius 3 is 2.33 bits per heavy atom. The van der Waals surface area contributed by atoms with E-state index in [4.69, 9.17) is 10.2 Å². The van der Waals surface area contributed by atoms with Gasteiger partial charge in [0.05, 0.1) is 5.92 Å². The minimum Gasteiger partial charge on any atom is -0.481 e. The van der Waals surface area contributed by atoms with Crippen LogP contribution in [0.4, 0.5) is 0 Å². The van der Waals surface area contributed by atoms with E-state index in [9.17, 15) is 4.79 Å². The van der Waals surface area contributed by atoms with Gasteiger partial charge in [-0.05, 0) is 26.3 Å². The maximum atomic E-state index is 10.6. The predicted octanol–water partition coefficient (Wildman–Crippen LogP) is 1.24. The van der Waals surface area contributed by atoms with Crippen molar-refractivity contribution in [2.24, 2.45) is 5.92 Å². The van der Waals surface area contributed by atoms with E-state index >= 15 is 0 Å².